The van der Waals surface area contributed by atoms with Crippen molar-refractivity contribution in [3.8, 4) is 11.5 Å². The Hall–Kier alpha value is -2.99. The Kier molecular flexibility index (Phi) is 7.89. The molecule has 2 aromatic carbocycles. The maximum absolute atomic E-state index is 12.2. The molecule has 0 aliphatic carbocycles. The van der Waals surface area contributed by atoms with E-state index in [2.05, 4.69) is 5.32 Å². The van der Waals surface area contributed by atoms with E-state index in [-0.39, 0.29) is 6.61 Å². The van der Waals surface area contributed by atoms with Crippen LogP contribution in [0.3, 0.4) is 0 Å². The number of amides is 1. The van der Waals surface area contributed by atoms with Gasteiger partial charge >= 0.3 is 5.97 Å². The van der Waals surface area contributed by atoms with Crippen LogP contribution in [-0.2, 0) is 14.3 Å². The molecule has 1 N–H and O–H groups in total. The molecule has 6 nitrogen and oxygen atoms in total. The lowest BCUT2D eigenvalue weighted by molar-refractivity contribution is -0.155. The molecule has 0 bridgehead atoms. The fraction of sp³-hybridized carbons (Fsp3) is 0.238. The Balaban J connectivity index is 1.89. The van der Waals surface area contributed by atoms with Gasteiger partial charge in [0.25, 0.3) is 5.91 Å². The molecule has 0 saturated carbocycles. The minimum absolute atomic E-state index is 0.358. The first-order chi connectivity index (χ1) is 13.4. The summed E-state index contributed by atoms with van der Waals surface area (Å²) in [5.41, 5.74) is 1.39. The predicted molar refractivity (Wildman–Crippen MR) is 109 cm³/mol. The second-order valence-corrected chi connectivity index (χ2v) is 6.21. The van der Waals surface area contributed by atoms with Crippen molar-refractivity contribution in [2.24, 2.45) is 0 Å². The monoisotopic (exact) mass is 403 g/mol. The van der Waals surface area contributed by atoms with Gasteiger partial charge in [-0.25, -0.2) is 4.79 Å². The van der Waals surface area contributed by atoms with Crippen LogP contribution in [0, 0.1) is 0 Å². The maximum atomic E-state index is 12.2. The van der Waals surface area contributed by atoms with Crippen LogP contribution in [0.25, 0.3) is 6.08 Å². The Morgan fingerprint density at radius 2 is 1.93 bits per heavy atom. The number of nitrogens with one attached hydrogen (secondary N) is 1. The largest absolute Gasteiger partial charge is 0.493 e. The average molecular weight is 404 g/mol. The highest BCUT2D eigenvalue weighted by molar-refractivity contribution is 6.33. The van der Waals surface area contributed by atoms with Crippen molar-refractivity contribution < 1.29 is 23.8 Å². The lowest BCUT2D eigenvalue weighted by Gasteiger charge is -2.15. The molecular weight excluding hydrogens is 382 g/mol. The van der Waals surface area contributed by atoms with Gasteiger partial charge in [0.1, 0.15) is 0 Å². The topological polar surface area (TPSA) is 73.9 Å². The minimum Gasteiger partial charge on any atom is -0.493 e. The van der Waals surface area contributed by atoms with Crippen molar-refractivity contribution in [2.75, 3.05) is 19.0 Å². The first-order valence-electron chi connectivity index (χ1n) is 8.63. The number of allylic oxidation sites excluding steroid dienone is 1. The zero-order valence-corrected chi connectivity index (χ0v) is 16.7. The Labute approximate surface area is 169 Å². The van der Waals surface area contributed by atoms with Crippen molar-refractivity contribution in [3.05, 3.63) is 59.1 Å². The van der Waals surface area contributed by atoms with E-state index in [1.54, 1.807) is 36.4 Å². The number of halogens is 1. The van der Waals surface area contributed by atoms with Gasteiger partial charge in [-0.1, -0.05) is 42.0 Å². The molecule has 1 atom stereocenters. The number of esters is 1. The SMILES string of the molecule is C/C=C/c1ccc(OCC(=O)O[C@H](C)C(=O)Nc2ccccc2Cl)c(OC)c1. The summed E-state index contributed by atoms with van der Waals surface area (Å²) in [6.07, 6.45) is 2.81. The van der Waals surface area contributed by atoms with Crippen molar-refractivity contribution in [1.82, 2.24) is 0 Å². The smallest absolute Gasteiger partial charge is 0.344 e. The summed E-state index contributed by atoms with van der Waals surface area (Å²) in [6, 6.07) is 12.1. The minimum atomic E-state index is -1.01. The number of hydrogen-bond acceptors (Lipinski definition) is 5. The Morgan fingerprint density at radius 1 is 1.18 bits per heavy atom. The molecule has 0 radical (unpaired) electrons. The van der Waals surface area contributed by atoms with Crippen molar-refractivity contribution in [2.45, 2.75) is 20.0 Å². The van der Waals surface area contributed by atoms with Crippen LogP contribution in [-0.4, -0.2) is 31.7 Å². The van der Waals surface area contributed by atoms with Crippen LogP contribution in [0.1, 0.15) is 19.4 Å². The van der Waals surface area contributed by atoms with Gasteiger partial charge in [0.15, 0.2) is 24.2 Å². The fourth-order valence-electron chi connectivity index (χ4n) is 2.32. The molecule has 2 aromatic rings. The van der Waals surface area contributed by atoms with Crippen LogP contribution < -0.4 is 14.8 Å². The molecule has 28 heavy (non-hydrogen) atoms. The number of benzene rings is 2. The summed E-state index contributed by atoms with van der Waals surface area (Å²) in [5, 5.41) is 3.00. The van der Waals surface area contributed by atoms with E-state index < -0.39 is 18.0 Å². The lowest BCUT2D eigenvalue weighted by atomic mass is 10.2. The number of anilines is 1. The number of carbonyl (C=O) groups excluding carboxylic acids is 2. The van der Waals surface area contributed by atoms with Crippen LogP contribution in [0.15, 0.2) is 48.5 Å². The first kappa shape index (κ1) is 21.3. The molecule has 1 amide bonds. The van der Waals surface area contributed by atoms with Gasteiger partial charge in [0.05, 0.1) is 17.8 Å². The predicted octanol–water partition coefficient (Wildman–Crippen LogP) is 4.33. The summed E-state index contributed by atoms with van der Waals surface area (Å²) in [4.78, 5) is 24.2. The van der Waals surface area contributed by atoms with Gasteiger partial charge in [-0.15, -0.1) is 0 Å². The normalized spacial score (nSPS) is 11.7. The molecule has 0 spiro atoms. The molecular formula is C21H22ClNO5. The molecule has 0 fully saturated rings. The standard InChI is InChI=1S/C21H22ClNO5/c1-4-7-15-10-11-18(19(12-15)26-3)27-13-20(24)28-14(2)21(25)23-17-9-6-5-8-16(17)22/h4-12,14H,13H2,1-3H3,(H,23,25)/b7-4+/t14-/m1/s1. The maximum Gasteiger partial charge on any atom is 0.344 e. The molecule has 0 unspecified atom stereocenters. The van der Waals surface area contributed by atoms with E-state index in [0.717, 1.165) is 5.56 Å². The molecule has 148 valence electrons. The van der Waals surface area contributed by atoms with Gasteiger partial charge in [-0.05, 0) is 43.7 Å². The fourth-order valence-corrected chi connectivity index (χ4v) is 2.50. The van der Waals surface area contributed by atoms with Crippen LogP contribution in [0.2, 0.25) is 5.02 Å². The number of hydrogen-bond donors (Lipinski definition) is 1. The van der Waals surface area contributed by atoms with Crippen LogP contribution in [0.4, 0.5) is 5.69 Å². The summed E-state index contributed by atoms with van der Waals surface area (Å²) in [5.74, 6) is -0.273. The van der Waals surface area contributed by atoms with Gasteiger partial charge in [0, 0.05) is 0 Å². The van der Waals surface area contributed by atoms with Crippen LogP contribution >= 0.6 is 11.6 Å². The van der Waals surface area contributed by atoms with Gasteiger partial charge in [-0.3, -0.25) is 4.79 Å². The number of rotatable bonds is 8. The second kappa shape index (κ2) is 10.4. The van der Waals surface area contributed by atoms with E-state index >= 15 is 0 Å². The molecule has 0 aliphatic heterocycles. The third kappa shape index (κ3) is 6.03. The van der Waals surface area contributed by atoms with Crippen molar-refractivity contribution >= 4 is 35.2 Å². The summed E-state index contributed by atoms with van der Waals surface area (Å²) in [7, 11) is 1.51. The molecule has 0 saturated heterocycles. The van der Waals surface area contributed by atoms with E-state index in [1.807, 2.05) is 25.1 Å². The third-order valence-electron chi connectivity index (χ3n) is 3.70. The number of carbonyl (C=O) groups is 2. The van der Waals surface area contributed by atoms with Gasteiger partial charge in [0.2, 0.25) is 0 Å². The number of para-hydroxylation sites is 1. The molecule has 0 aromatic heterocycles. The summed E-state index contributed by atoms with van der Waals surface area (Å²) < 4.78 is 15.8. The average Bonchev–Trinajstić information content (AvgIpc) is 2.68. The quantitative estimate of drug-likeness (QED) is 0.664. The summed E-state index contributed by atoms with van der Waals surface area (Å²) >= 11 is 6.00. The zero-order chi connectivity index (χ0) is 20.5. The second-order valence-electron chi connectivity index (χ2n) is 5.80. The summed E-state index contributed by atoms with van der Waals surface area (Å²) in [6.45, 7) is 3.02. The molecule has 0 aliphatic rings. The van der Waals surface area contributed by atoms with E-state index in [0.29, 0.717) is 22.2 Å². The molecule has 2 rings (SSSR count). The highest BCUT2D eigenvalue weighted by Crippen LogP contribution is 2.28. The van der Waals surface area contributed by atoms with Gasteiger partial charge in [-0.2, -0.15) is 0 Å². The molecule has 7 heteroatoms. The highest BCUT2D eigenvalue weighted by Gasteiger charge is 2.19. The van der Waals surface area contributed by atoms with E-state index in [1.165, 1.54) is 14.0 Å². The Bertz CT molecular complexity index is 866. The third-order valence-corrected chi connectivity index (χ3v) is 4.03. The Morgan fingerprint density at radius 3 is 2.61 bits per heavy atom. The lowest BCUT2D eigenvalue weighted by Crippen LogP contribution is -2.31. The zero-order valence-electron chi connectivity index (χ0n) is 15.9. The number of methoxy groups -OCH3 is 1. The van der Waals surface area contributed by atoms with Crippen LogP contribution in [0.5, 0.6) is 11.5 Å². The van der Waals surface area contributed by atoms with E-state index in [9.17, 15) is 9.59 Å². The van der Waals surface area contributed by atoms with Crippen molar-refractivity contribution in [3.63, 3.8) is 0 Å². The van der Waals surface area contributed by atoms with Gasteiger partial charge < -0.3 is 19.5 Å². The van der Waals surface area contributed by atoms with Crippen molar-refractivity contribution in [1.29, 1.82) is 0 Å². The number of ether oxygens (including phenoxy) is 3. The first-order valence-corrected chi connectivity index (χ1v) is 9.00. The van der Waals surface area contributed by atoms with E-state index in [4.69, 9.17) is 25.8 Å². The highest BCUT2D eigenvalue weighted by atomic mass is 35.5. The molecule has 0 heterocycles.